The number of nitrogens with zero attached hydrogens (tertiary/aromatic N) is 3. The van der Waals surface area contributed by atoms with Crippen LogP contribution in [0.3, 0.4) is 0 Å². The molecular formula is C25H26N4O3S2. The highest BCUT2D eigenvalue weighted by molar-refractivity contribution is 7.99. The van der Waals surface area contributed by atoms with E-state index in [2.05, 4.69) is 11.9 Å². The van der Waals surface area contributed by atoms with E-state index >= 15 is 0 Å². The number of allylic oxidation sites excluding steroid dienone is 1. The van der Waals surface area contributed by atoms with Crippen molar-refractivity contribution in [3.05, 3.63) is 57.2 Å². The van der Waals surface area contributed by atoms with Gasteiger partial charge in [-0.3, -0.25) is 19.0 Å². The third kappa shape index (κ3) is 4.18. The van der Waals surface area contributed by atoms with Gasteiger partial charge in [0.05, 0.1) is 11.1 Å². The Morgan fingerprint density at radius 3 is 2.88 bits per heavy atom. The van der Waals surface area contributed by atoms with Crippen LogP contribution in [0, 0.1) is 0 Å². The number of benzene rings is 1. The summed E-state index contributed by atoms with van der Waals surface area (Å²) in [6.45, 7) is 6.37. The molecule has 9 heteroatoms. The summed E-state index contributed by atoms with van der Waals surface area (Å²) < 4.78 is 1.63. The van der Waals surface area contributed by atoms with E-state index in [0.717, 1.165) is 59.1 Å². The number of thiophene rings is 1. The molecule has 0 unspecified atom stereocenters. The van der Waals surface area contributed by atoms with E-state index in [9.17, 15) is 14.4 Å². The maximum atomic E-state index is 13.3. The SMILES string of the molecule is C=CCn1c(SCC(=O)Nc2ccc3c(c2)CCN3C(C)=O)nc2sc3c(c2c1=O)CCCC3. The van der Waals surface area contributed by atoms with Crippen LogP contribution in [0.1, 0.15) is 35.8 Å². The van der Waals surface area contributed by atoms with E-state index in [1.54, 1.807) is 33.8 Å². The minimum Gasteiger partial charge on any atom is -0.325 e. The van der Waals surface area contributed by atoms with Crippen LogP contribution in [-0.4, -0.2) is 33.7 Å². The molecule has 2 aromatic heterocycles. The van der Waals surface area contributed by atoms with Gasteiger partial charge in [-0.15, -0.1) is 17.9 Å². The molecule has 5 rings (SSSR count). The molecule has 0 saturated carbocycles. The van der Waals surface area contributed by atoms with Crippen molar-refractivity contribution in [3.63, 3.8) is 0 Å². The van der Waals surface area contributed by atoms with E-state index < -0.39 is 0 Å². The minimum absolute atomic E-state index is 0.0218. The topological polar surface area (TPSA) is 84.3 Å². The van der Waals surface area contributed by atoms with Crippen molar-refractivity contribution < 1.29 is 9.59 Å². The Labute approximate surface area is 205 Å². The lowest BCUT2D eigenvalue weighted by Crippen LogP contribution is -2.25. The highest BCUT2D eigenvalue weighted by Gasteiger charge is 2.24. The number of thioether (sulfide) groups is 1. The van der Waals surface area contributed by atoms with Gasteiger partial charge < -0.3 is 10.2 Å². The van der Waals surface area contributed by atoms with Gasteiger partial charge >= 0.3 is 0 Å². The third-order valence-electron chi connectivity index (χ3n) is 6.32. The Balaban J connectivity index is 1.34. The van der Waals surface area contributed by atoms with Gasteiger partial charge in [0.25, 0.3) is 5.56 Å². The van der Waals surface area contributed by atoms with E-state index in [4.69, 9.17) is 4.98 Å². The lowest BCUT2D eigenvalue weighted by molar-refractivity contribution is -0.116. The van der Waals surface area contributed by atoms with E-state index in [1.807, 2.05) is 18.2 Å². The number of carbonyl (C=O) groups excluding carboxylic acids is 2. The molecule has 0 bridgehead atoms. The number of hydrogen-bond donors (Lipinski definition) is 1. The fourth-order valence-electron chi connectivity index (χ4n) is 4.75. The zero-order valence-corrected chi connectivity index (χ0v) is 20.7. The first kappa shape index (κ1) is 22.9. The monoisotopic (exact) mass is 494 g/mol. The molecule has 0 saturated heterocycles. The highest BCUT2D eigenvalue weighted by Crippen LogP contribution is 2.35. The molecule has 0 atom stereocenters. The zero-order valence-electron chi connectivity index (χ0n) is 19.1. The Bertz CT molecular complexity index is 1370. The van der Waals surface area contributed by atoms with Crippen LogP contribution < -0.4 is 15.8 Å². The van der Waals surface area contributed by atoms with Gasteiger partial charge in [0, 0.05) is 36.3 Å². The summed E-state index contributed by atoms with van der Waals surface area (Å²) >= 11 is 2.88. The second kappa shape index (κ2) is 9.38. The molecule has 1 aliphatic heterocycles. The Hall–Kier alpha value is -2.91. The summed E-state index contributed by atoms with van der Waals surface area (Å²) in [5, 5.41) is 4.22. The maximum absolute atomic E-state index is 13.3. The molecule has 1 aliphatic carbocycles. The van der Waals surface area contributed by atoms with Crippen molar-refractivity contribution in [2.45, 2.75) is 50.7 Å². The normalized spacial score (nSPS) is 14.7. The van der Waals surface area contributed by atoms with Gasteiger partial charge in [0.1, 0.15) is 4.83 Å². The van der Waals surface area contributed by atoms with Crippen LogP contribution >= 0.6 is 23.1 Å². The largest absolute Gasteiger partial charge is 0.325 e. The van der Waals surface area contributed by atoms with Gasteiger partial charge in [0.15, 0.2) is 5.16 Å². The van der Waals surface area contributed by atoms with Crippen molar-refractivity contribution in [2.75, 3.05) is 22.5 Å². The molecule has 7 nitrogen and oxygen atoms in total. The second-order valence-corrected chi connectivity index (χ2v) is 10.6. The molecule has 0 radical (unpaired) electrons. The quantitative estimate of drug-likeness (QED) is 0.316. The summed E-state index contributed by atoms with van der Waals surface area (Å²) in [4.78, 5) is 46.4. The van der Waals surface area contributed by atoms with Gasteiger partial charge in [-0.2, -0.15) is 0 Å². The summed E-state index contributed by atoms with van der Waals surface area (Å²) in [6.07, 6.45) is 6.65. The Morgan fingerprint density at radius 1 is 1.26 bits per heavy atom. The molecule has 3 aromatic rings. The average Bonchev–Trinajstić information content (AvgIpc) is 3.41. The maximum Gasteiger partial charge on any atom is 0.263 e. The lowest BCUT2D eigenvalue weighted by atomic mass is 9.97. The molecule has 3 heterocycles. The smallest absolute Gasteiger partial charge is 0.263 e. The number of nitrogens with one attached hydrogen (secondary N) is 1. The molecule has 1 N–H and O–H groups in total. The number of aryl methyl sites for hydroxylation is 2. The summed E-state index contributed by atoms with van der Waals surface area (Å²) in [5.74, 6) is -0.0125. The van der Waals surface area contributed by atoms with Crippen molar-refractivity contribution in [3.8, 4) is 0 Å². The van der Waals surface area contributed by atoms with Crippen molar-refractivity contribution in [2.24, 2.45) is 0 Å². The second-order valence-electron chi connectivity index (χ2n) is 8.59. The van der Waals surface area contributed by atoms with Gasteiger partial charge in [-0.25, -0.2) is 4.98 Å². The Kier molecular flexibility index (Phi) is 6.31. The molecule has 0 fully saturated rings. The number of rotatable bonds is 6. The minimum atomic E-state index is -0.170. The first-order valence-corrected chi connectivity index (χ1v) is 13.3. The van der Waals surface area contributed by atoms with E-state index in [-0.39, 0.29) is 23.1 Å². The first-order chi connectivity index (χ1) is 16.5. The summed E-state index contributed by atoms with van der Waals surface area (Å²) in [5.41, 5.74) is 3.78. The van der Waals surface area contributed by atoms with Gasteiger partial charge in [-0.05, 0) is 61.4 Å². The van der Waals surface area contributed by atoms with Crippen LogP contribution in [0.4, 0.5) is 11.4 Å². The molecule has 176 valence electrons. The molecule has 2 amide bonds. The number of fused-ring (bicyclic) bond motifs is 4. The molecule has 34 heavy (non-hydrogen) atoms. The molecule has 1 aromatic carbocycles. The number of anilines is 2. The van der Waals surface area contributed by atoms with E-state index in [1.165, 1.54) is 16.6 Å². The van der Waals surface area contributed by atoms with E-state index in [0.29, 0.717) is 23.9 Å². The first-order valence-electron chi connectivity index (χ1n) is 11.5. The number of hydrogen-bond acceptors (Lipinski definition) is 6. The molecular weight excluding hydrogens is 468 g/mol. The van der Waals surface area contributed by atoms with Gasteiger partial charge in [0.2, 0.25) is 11.8 Å². The molecule has 2 aliphatic rings. The number of amides is 2. The average molecular weight is 495 g/mol. The van der Waals surface area contributed by atoms with Gasteiger partial charge in [-0.1, -0.05) is 17.8 Å². The number of carbonyl (C=O) groups is 2. The summed E-state index contributed by atoms with van der Waals surface area (Å²) in [7, 11) is 0. The standard InChI is InChI=1S/C25H26N4O3S2/c1-3-11-29-24(32)22-18-6-4-5-7-20(18)34-23(22)27-25(29)33-14-21(31)26-17-8-9-19-16(13-17)10-12-28(19)15(2)30/h3,8-9,13H,1,4-7,10-12,14H2,2H3,(H,26,31). The Morgan fingerprint density at radius 2 is 2.09 bits per heavy atom. The van der Waals surface area contributed by atoms with Crippen molar-refractivity contribution >= 4 is 56.5 Å². The van der Waals surface area contributed by atoms with Crippen LogP contribution in [0.2, 0.25) is 0 Å². The third-order valence-corrected chi connectivity index (χ3v) is 8.48. The lowest BCUT2D eigenvalue weighted by Gasteiger charge is -2.15. The van der Waals surface area contributed by atoms with Crippen molar-refractivity contribution in [1.82, 2.24) is 9.55 Å². The molecule has 0 spiro atoms. The van der Waals surface area contributed by atoms with Crippen LogP contribution in [0.25, 0.3) is 10.2 Å². The van der Waals surface area contributed by atoms with Crippen LogP contribution in [0.15, 0.2) is 40.8 Å². The predicted molar refractivity (Wildman–Crippen MR) is 138 cm³/mol. The van der Waals surface area contributed by atoms with Crippen molar-refractivity contribution in [1.29, 1.82) is 0 Å². The highest BCUT2D eigenvalue weighted by atomic mass is 32.2. The zero-order chi connectivity index (χ0) is 23.8. The fraction of sp³-hybridized carbons (Fsp3) is 0.360. The van der Waals surface area contributed by atoms with Crippen LogP contribution in [-0.2, 0) is 35.4 Å². The number of aromatic nitrogens is 2. The summed E-state index contributed by atoms with van der Waals surface area (Å²) in [6, 6.07) is 5.62. The fourth-order valence-corrected chi connectivity index (χ4v) is 6.86. The predicted octanol–water partition coefficient (Wildman–Crippen LogP) is 4.16. The van der Waals surface area contributed by atoms with Crippen LogP contribution in [0.5, 0.6) is 0 Å².